The third-order valence-corrected chi connectivity index (χ3v) is 2.29. The summed E-state index contributed by atoms with van der Waals surface area (Å²) in [6, 6.07) is 5.27. The van der Waals surface area contributed by atoms with Gasteiger partial charge in [-0.1, -0.05) is 6.07 Å². The maximum Gasteiger partial charge on any atom is 0.120 e. The Hall–Kier alpha value is -0.930. The zero-order valence-corrected chi connectivity index (χ0v) is 8.75. The minimum Gasteiger partial charge on any atom is -0.508 e. The number of nitrogens with one attached hydrogen (secondary N) is 1. The summed E-state index contributed by atoms with van der Waals surface area (Å²) in [4.78, 5) is 0. The number of halogens is 1. The van der Waals surface area contributed by atoms with Gasteiger partial charge in [-0.2, -0.15) is 0 Å². The Balaban J connectivity index is 2.55. The molecule has 1 unspecified atom stereocenters. The average Bonchev–Trinajstić information content (AvgIpc) is 2.19. The number of phenolic OH excluding ortho intramolecular Hbond substituents is 1. The Morgan fingerprint density at radius 3 is 2.79 bits per heavy atom. The van der Waals surface area contributed by atoms with Crippen LogP contribution in [0.1, 0.15) is 5.56 Å². The third kappa shape index (κ3) is 3.09. The molecule has 1 aromatic carbocycles. The number of hydrogen-bond donors (Lipinski definition) is 3. The fourth-order valence-corrected chi connectivity index (χ4v) is 1.12. The van der Waals surface area contributed by atoms with Gasteiger partial charge in [0.1, 0.15) is 5.75 Å². The van der Waals surface area contributed by atoms with Crippen LogP contribution < -0.4 is 5.32 Å². The number of rotatable bonds is 4. The second-order valence-electron chi connectivity index (χ2n) is 3.19. The lowest BCUT2D eigenvalue weighted by Crippen LogP contribution is -2.20. The van der Waals surface area contributed by atoms with Crippen molar-refractivity contribution in [3.63, 3.8) is 0 Å². The first-order valence-electron chi connectivity index (χ1n) is 4.41. The molecule has 0 aliphatic rings. The molecule has 78 valence electrons. The van der Waals surface area contributed by atoms with Crippen LogP contribution in [0.15, 0.2) is 18.2 Å². The number of hydrogen-bond acceptors (Lipinski definition) is 3. The molecule has 0 radical (unpaired) electrons. The summed E-state index contributed by atoms with van der Waals surface area (Å²) in [6.45, 7) is 2.21. The Labute approximate surface area is 88.3 Å². The van der Waals surface area contributed by atoms with Gasteiger partial charge in [0.15, 0.2) is 0 Å². The molecule has 0 aliphatic heterocycles. The number of aliphatic hydroxyl groups is 1. The lowest BCUT2D eigenvalue weighted by molar-refractivity contribution is 0.211. The van der Waals surface area contributed by atoms with Crippen LogP contribution in [0.5, 0.6) is 5.75 Å². The monoisotopic (exact) mass is 215 g/mol. The van der Waals surface area contributed by atoms with Crippen molar-refractivity contribution in [2.75, 3.05) is 17.7 Å². The van der Waals surface area contributed by atoms with Crippen LogP contribution >= 0.6 is 11.6 Å². The molecule has 1 rings (SSSR count). The maximum atomic E-state index is 9.39. The van der Waals surface area contributed by atoms with E-state index in [1.165, 1.54) is 0 Å². The largest absolute Gasteiger partial charge is 0.508 e. The van der Waals surface area contributed by atoms with Gasteiger partial charge in [0.2, 0.25) is 0 Å². The van der Waals surface area contributed by atoms with Crippen molar-refractivity contribution in [3.05, 3.63) is 23.8 Å². The molecule has 0 aromatic heterocycles. The number of aromatic hydroxyl groups is 1. The molecular formula is C10H14ClNO2. The first-order valence-corrected chi connectivity index (χ1v) is 4.94. The predicted molar refractivity (Wildman–Crippen MR) is 58.1 cm³/mol. The van der Waals surface area contributed by atoms with Gasteiger partial charge in [0.05, 0.1) is 12.0 Å². The quantitative estimate of drug-likeness (QED) is 0.671. The highest BCUT2D eigenvalue weighted by Gasteiger charge is 2.02. The minimum atomic E-state index is -0.569. The summed E-state index contributed by atoms with van der Waals surface area (Å²) in [5.74, 6) is 0.445. The molecule has 0 saturated heterocycles. The van der Waals surface area contributed by atoms with E-state index < -0.39 is 6.10 Å². The van der Waals surface area contributed by atoms with Crippen molar-refractivity contribution in [1.29, 1.82) is 0 Å². The highest BCUT2D eigenvalue weighted by Crippen LogP contribution is 2.20. The number of aliphatic hydroxyl groups excluding tert-OH is 1. The molecule has 14 heavy (non-hydrogen) atoms. The highest BCUT2D eigenvalue weighted by molar-refractivity contribution is 6.18. The van der Waals surface area contributed by atoms with E-state index in [2.05, 4.69) is 5.32 Å². The Kier molecular flexibility index (Phi) is 4.04. The zero-order chi connectivity index (χ0) is 10.6. The van der Waals surface area contributed by atoms with Crippen LogP contribution in [0.2, 0.25) is 0 Å². The number of aryl methyl sites for hydroxylation is 1. The number of alkyl halides is 1. The van der Waals surface area contributed by atoms with E-state index in [0.717, 1.165) is 11.3 Å². The van der Waals surface area contributed by atoms with Gasteiger partial charge >= 0.3 is 0 Å². The SMILES string of the molecule is Cc1ccc(NCC(O)CCl)cc1O. The van der Waals surface area contributed by atoms with Crippen molar-refractivity contribution < 1.29 is 10.2 Å². The fraction of sp³-hybridized carbons (Fsp3) is 0.400. The lowest BCUT2D eigenvalue weighted by Gasteiger charge is -2.10. The van der Waals surface area contributed by atoms with E-state index in [1.807, 2.05) is 19.1 Å². The highest BCUT2D eigenvalue weighted by atomic mass is 35.5. The first kappa shape index (κ1) is 11.1. The second-order valence-corrected chi connectivity index (χ2v) is 3.50. The van der Waals surface area contributed by atoms with Crippen molar-refractivity contribution in [1.82, 2.24) is 0 Å². The number of benzene rings is 1. The van der Waals surface area contributed by atoms with Gasteiger partial charge < -0.3 is 15.5 Å². The van der Waals surface area contributed by atoms with Crippen LogP contribution in [-0.4, -0.2) is 28.7 Å². The molecule has 3 nitrogen and oxygen atoms in total. The molecule has 0 amide bonds. The molecule has 0 bridgehead atoms. The van der Waals surface area contributed by atoms with Gasteiger partial charge in [0.25, 0.3) is 0 Å². The van der Waals surface area contributed by atoms with Crippen LogP contribution in [0.4, 0.5) is 5.69 Å². The molecule has 0 spiro atoms. The lowest BCUT2D eigenvalue weighted by atomic mass is 10.2. The van der Waals surface area contributed by atoms with Crippen LogP contribution in [0.25, 0.3) is 0 Å². The molecule has 1 aromatic rings. The predicted octanol–water partition coefficient (Wildman–Crippen LogP) is 1.71. The van der Waals surface area contributed by atoms with Crippen molar-refractivity contribution in [2.45, 2.75) is 13.0 Å². The van der Waals surface area contributed by atoms with Gasteiger partial charge in [0, 0.05) is 18.3 Å². The Morgan fingerprint density at radius 2 is 2.21 bits per heavy atom. The summed E-state index contributed by atoms with van der Waals surface area (Å²) >= 11 is 5.44. The van der Waals surface area contributed by atoms with Gasteiger partial charge in [-0.3, -0.25) is 0 Å². The molecule has 3 N–H and O–H groups in total. The number of phenols is 1. The van der Waals surface area contributed by atoms with E-state index in [4.69, 9.17) is 11.6 Å². The summed E-state index contributed by atoms with van der Waals surface area (Å²) in [7, 11) is 0. The van der Waals surface area contributed by atoms with Crippen molar-refractivity contribution >= 4 is 17.3 Å². The third-order valence-electron chi connectivity index (χ3n) is 1.93. The van der Waals surface area contributed by atoms with Gasteiger partial charge in [-0.25, -0.2) is 0 Å². The van der Waals surface area contributed by atoms with E-state index in [0.29, 0.717) is 6.54 Å². The normalized spacial score (nSPS) is 12.5. The Bertz CT molecular complexity index is 304. The molecule has 0 saturated carbocycles. The molecule has 0 fully saturated rings. The van der Waals surface area contributed by atoms with Crippen LogP contribution in [0, 0.1) is 6.92 Å². The topological polar surface area (TPSA) is 52.5 Å². The molecule has 1 atom stereocenters. The van der Waals surface area contributed by atoms with E-state index >= 15 is 0 Å². The van der Waals surface area contributed by atoms with Crippen LogP contribution in [-0.2, 0) is 0 Å². The van der Waals surface area contributed by atoms with Gasteiger partial charge in [-0.05, 0) is 18.6 Å². The second kappa shape index (κ2) is 5.08. The van der Waals surface area contributed by atoms with Crippen molar-refractivity contribution in [2.24, 2.45) is 0 Å². The summed E-state index contributed by atoms with van der Waals surface area (Å²) in [5, 5.41) is 21.5. The molecule has 4 heteroatoms. The van der Waals surface area contributed by atoms with E-state index in [1.54, 1.807) is 6.07 Å². The summed E-state index contributed by atoms with van der Waals surface area (Å²) < 4.78 is 0. The minimum absolute atomic E-state index is 0.199. The fourth-order valence-electron chi connectivity index (χ4n) is 1.01. The van der Waals surface area contributed by atoms with E-state index in [9.17, 15) is 10.2 Å². The molecule has 0 aliphatic carbocycles. The maximum absolute atomic E-state index is 9.39. The van der Waals surface area contributed by atoms with Crippen molar-refractivity contribution in [3.8, 4) is 5.75 Å². The smallest absolute Gasteiger partial charge is 0.120 e. The number of anilines is 1. The van der Waals surface area contributed by atoms with Gasteiger partial charge in [-0.15, -0.1) is 11.6 Å². The van der Waals surface area contributed by atoms with Crippen LogP contribution in [0.3, 0.4) is 0 Å². The average molecular weight is 216 g/mol. The van der Waals surface area contributed by atoms with E-state index in [-0.39, 0.29) is 11.6 Å². The molecule has 0 heterocycles. The summed E-state index contributed by atoms with van der Waals surface area (Å²) in [6.07, 6.45) is -0.569. The standard InChI is InChI=1S/C10H14ClNO2/c1-7-2-3-8(4-10(7)14)12-6-9(13)5-11/h2-4,9,12-14H,5-6H2,1H3. The first-order chi connectivity index (χ1) is 6.63. The zero-order valence-electron chi connectivity index (χ0n) is 8.00. The summed E-state index contributed by atoms with van der Waals surface area (Å²) in [5.41, 5.74) is 1.60. The Morgan fingerprint density at radius 1 is 1.50 bits per heavy atom. The molecular weight excluding hydrogens is 202 g/mol.